The van der Waals surface area contributed by atoms with E-state index < -0.39 is 11.5 Å². The standard InChI is InChI=1S/C26H39N3O5/c1-19(2)18-34-22-8-6-21(7-9-22)24(31)29-14-11-26(12-15-29)10-4-5-16-33-17-13-27-23(30)20(3)28-25(26)32/h6-9,19-20H,4-5,10-18H2,1-3H3,(H,27,30)(H,28,32)/t20-/m0/s1. The van der Waals surface area contributed by atoms with Crippen LogP contribution < -0.4 is 15.4 Å². The molecule has 1 aromatic carbocycles. The number of hydrogen-bond donors (Lipinski definition) is 2. The molecule has 1 aromatic rings. The minimum absolute atomic E-state index is 0.0311. The third-order valence-electron chi connectivity index (χ3n) is 6.65. The Balaban J connectivity index is 1.63. The quantitative estimate of drug-likeness (QED) is 0.701. The summed E-state index contributed by atoms with van der Waals surface area (Å²) in [4.78, 5) is 40.5. The first-order chi connectivity index (χ1) is 16.3. The van der Waals surface area contributed by atoms with Crippen LogP contribution in [0, 0.1) is 11.3 Å². The van der Waals surface area contributed by atoms with Gasteiger partial charge in [0.05, 0.1) is 18.6 Å². The molecule has 3 amide bonds. The zero-order valence-electron chi connectivity index (χ0n) is 20.7. The molecule has 2 heterocycles. The molecule has 8 heteroatoms. The number of ether oxygens (including phenoxy) is 2. The van der Waals surface area contributed by atoms with Crippen LogP contribution in [0.15, 0.2) is 24.3 Å². The number of rotatable bonds is 4. The highest BCUT2D eigenvalue weighted by Gasteiger charge is 2.42. The normalized spacial score (nSPS) is 22.2. The van der Waals surface area contributed by atoms with E-state index in [1.54, 1.807) is 19.1 Å². The van der Waals surface area contributed by atoms with Gasteiger partial charge in [0.25, 0.3) is 5.91 Å². The maximum atomic E-state index is 13.3. The summed E-state index contributed by atoms with van der Waals surface area (Å²) in [5.74, 6) is 0.861. The number of nitrogens with zero attached hydrogens (tertiary/aromatic N) is 1. The van der Waals surface area contributed by atoms with Gasteiger partial charge in [0.2, 0.25) is 11.8 Å². The van der Waals surface area contributed by atoms with Gasteiger partial charge in [0.15, 0.2) is 0 Å². The van der Waals surface area contributed by atoms with Crippen LogP contribution >= 0.6 is 0 Å². The van der Waals surface area contributed by atoms with Crippen molar-refractivity contribution in [3.63, 3.8) is 0 Å². The zero-order valence-corrected chi connectivity index (χ0v) is 20.7. The van der Waals surface area contributed by atoms with E-state index >= 15 is 0 Å². The average Bonchev–Trinajstić information content (AvgIpc) is 2.84. The first-order valence-electron chi connectivity index (χ1n) is 12.5. The van der Waals surface area contributed by atoms with Crippen molar-refractivity contribution in [1.29, 1.82) is 0 Å². The Hall–Kier alpha value is -2.61. The van der Waals surface area contributed by atoms with Crippen molar-refractivity contribution in [3.05, 3.63) is 29.8 Å². The molecule has 1 spiro atoms. The van der Waals surface area contributed by atoms with E-state index in [0.717, 1.165) is 25.0 Å². The second kappa shape index (κ2) is 12.2. The molecule has 0 bridgehead atoms. The van der Waals surface area contributed by atoms with Crippen molar-refractivity contribution >= 4 is 17.7 Å². The molecule has 2 saturated heterocycles. The Morgan fingerprint density at radius 2 is 1.82 bits per heavy atom. The molecule has 1 atom stereocenters. The summed E-state index contributed by atoms with van der Waals surface area (Å²) in [6.45, 7) is 9.06. The Labute approximate surface area is 202 Å². The smallest absolute Gasteiger partial charge is 0.253 e. The zero-order chi connectivity index (χ0) is 24.6. The van der Waals surface area contributed by atoms with Crippen molar-refractivity contribution in [2.45, 2.75) is 58.9 Å². The Bertz CT molecular complexity index is 831. The van der Waals surface area contributed by atoms with E-state index in [2.05, 4.69) is 24.5 Å². The predicted octanol–water partition coefficient (Wildman–Crippen LogP) is 2.77. The van der Waals surface area contributed by atoms with Gasteiger partial charge in [-0.15, -0.1) is 0 Å². The van der Waals surface area contributed by atoms with Crippen LogP contribution in [0.25, 0.3) is 0 Å². The Morgan fingerprint density at radius 3 is 2.50 bits per heavy atom. The first-order valence-corrected chi connectivity index (χ1v) is 12.5. The van der Waals surface area contributed by atoms with E-state index in [-0.39, 0.29) is 17.7 Å². The van der Waals surface area contributed by atoms with Crippen LogP contribution in [0.3, 0.4) is 0 Å². The van der Waals surface area contributed by atoms with Gasteiger partial charge in [-0.3, -0.25) is 14.4 Å². The van der Waals surface area contributed by atoms with Crippen molar-refractivity contribution in [2.24, 2.45) is 11.3 Å². The summed E-state index contributed by atoms with van der Waals surface area (Å²) in [5.41, 5.74) is 0.0446. The molecular weight excluding hydrogens is 434 g/mol. The van der Waals surface area contributed by atoms with Crippen LogP contribution in [-0.2, 0) is 14.3 Å². The fourth-order valence-electron chi connectivity index (χ4n) is 4.45. The Morgan fingerprint density at radius 1 is 1.12 bits per heavy atom. The number of nitrogens with one attached hydrogen (secondary N) is 2. The van der Waals surface area contributed by atoms with Gasteiger partial charge in [0.1, 0.15) is 11.8 Å². The summed E-state index contributed by atoms with van der Waals surface area (Å²) in [6, 6.07) is 6.65. The van der Waals surface area contributed by atoms with Gasteiger partial charge in [0, 0.05) is 31.8 Å². The van der Waals surface area contributed by atoms with Gasteiger partial charge in [-0.1, -0.05) is 20.3 Å². The van der Waals surface area contributed by atoms with Crippen LogP contribution in [-0.4, -0.2) is 68.1 Å². The van der Waals surface area contributed by atoms with Gasteiger partial charge >= 0.3 is 0 Å². The number of piperidine rings is 1. The van der Waals surface area contributed by atoms with Gasteiger partial charge in [-0.2, -0.15) is 0 Å². The predicted molar refractivity (Wildman–Crippen MR) is 130 cm³/mol. The summed E-state index contributed by atoms with van der Waals surface area (Å²) in [6.07, 6.45) is 3.62. The van der Waals surface area contributed by atoms with Gasteiger partial charge in [-0.05, 0) is 62.8 Å². The molecular formula is C26H39N3O5. The van der Waals surface area contributed by atoms with E-state index in [4.69, 9.17) is 9.47 Å². The van der Waals surface area contributed by atoms with E-state index in [9.17, 15) is 14.4 Å². The molecule has 2 aliphatic rings. The van der Waals surface area contributed by atoms with Gasteiger partial charge < -0.3 is 25.0 Å². The number of likely N-dealkylation sites (tertiary alicyclic amines) is 1. The average molecular weight is 474 g/mol. The maximum Gasteiger partial charge on any atom is 0.253 e. The first kappa shape index (κ1) is 26.0. The molecule has 188 valence electrons. The number of carbonyl (C=O) groups is 3. The molecule has 0 unspecified atom stereocenters. The monoisotopic (exact) mass is 473 g/mol. The van der Waals surface area contributed by atoms with E-state index in [1.165, 1.54) is 0 Å². The van der Waals surface area contributed by atoms with Crippen LogP contribution in [0.4, 0.5) is 0 Å². The molecule has 3 rings (SSSR count). The number of hydrogen-bond acceptors (Lipinski definition) is 5. The second-order valence-corrected chi connectivity index (χ2v) is 9.86. The van der Waals surface area contributed by atoms with Crippen molar-refractivity contribution < 1.29 is 23.9 Å². The molecule has 0 saturated carbocycles. The van der Waals surface area contributed by atoms with Crippen LogP contribution in [0.2, 0.25) is 0 Å². The minimum atomic E-state index is -0.610. The molecule has 34 heavy (non-hydrogen) atoms. The summed E-state index contributed by atoms with van der Waals surface area (Å²) < 4.78 is 11.3. The topological polar surface area (TPSA) is 97.0 Å². The molecule has 2 aliphatic heterocycles. The maximum absolute atomic E-state index is 13.3. The highest BCUT2D eigenvalue weighted by molar-refractivity contribution is 5.95. The van der Waals surface area contributed by atoms with Crippen LogP contribution in [0.5, 0.6) is 5.75 Å². The lowest BCUT2D eigenvalue weighted by Crippen LogP contribution is -2.54. The molecule has 8 nitrogen and oxygen atoms in total. The summed E-state index contributed by atoms with van der Waals surface area (Å²) in [5, 5.41) is 5.72. The molecule has 2 fully saturated rings. The number of carbonyl (C=O) groups excluding carboxylic acids is 3. The molecule has 0 aromatic heterocycles. The number of benzene rings is 1. The lowest BCUT2D eigenvalue weighted by atomic mass is 9.73. The Kier molecular flexibility index (Phi) is 9.33. The lowest BCUT2D eigenvalue weighted by Gasteiger charge is -2.41. The van der Waals surface area contributed by atoms with E-state index in [1.807, 2.05) is 17.0 Å². The summed E-state index contributed by atoms with van der Waals surface area (Å²) in [7, 11) is 0. The number of amides is 3. The fourth-order valence-corrected chi connectivity index (χ4v) is 4.45. The molecule has 0 aliphatic carbocycles. The fraction of sp³-hybridized carbons (Fsp3) is 0.654. The molecule has 0 radical (unpaired) electrons. The van der Waals surface area contributed by atoms with Crippen molar-refractivity contribution in [3.8, 4) is 5.75 Å². The lowest BCUT2D eigenvalue weighted by molar-refractivity contribution is -0.137. The van der Waals surface area contributed by atoms with Crippen LogP contribution in [0.1, 0.15) is 63.2 Å². The second-order valence-electron chi connectivity index (χ2n) is 9.86. The molecule has 2 N–H and O–H groups in total. The van der Waals surface area contributed by atoms with Crippen molar-refractivity contribution in [1.82, 2.24) is 15.5 Å². The van der Waals surface area contributed by atoms with Crippen molar-refractivity contribution in [2.75, 3.05) is 39.5 Å². The highest BCUT2D eigenvalue weighted by atomic mass is 16.5. The third kappa shape index (κ3) is 6.95. The van der Waals surface area contributed by atoms with E-state index in [0.29, 0.717) is 63.8 Å². The minimum Gasteiger partial charge on any atom is -0.493 e. The SMILES string of the molecule is CC(C)COc1ccc(C(=O)N2CCC3(CCCCOCCNC(=O)[C@H](C)NC3=O)CC2)cc1. The van der Waals surface area contributed by atoms with Gasteiger partial charge in [-0.25, -0.2) is 0 Å². The highest BCUT2D eigenvalue weighted by Crippen LogP contribution is 2.37. The largest absolute Gasteiger partial charge is 0.493 e. The summed E-state index contributed by atoms with van der Waals surface area (Å²) >= 11 is 0. The third-order valence-corrected chi connectivity index (χ3v) is 6.65.